The minimum atomic E-state index is 0.779. The first kappa shape index (κ1) is 31.9. The predicted octanol–water partition coefficient (Wildman–Crippen LogP) is 15.6. The second-order valence-electron chi connectivity index (χ2n) is 18.4. The quantitative estimate of drug-likeness (QED) is 0.137. The van der Waals surface area contributed by atoms with Crippen LogP contribution in [-0.2, 0) is 25.7 Å². The smallest absolute Gasteiger partial charge is 0.0000272 e. The van der Waals surface area contributed by atoms with E-state index in [1.807, 2.05) is 13.8 Å². The van der Waals surface area contributed by atoms with Crippen LogP contribution in [0.15, 0.2) is 84.9 Å². The first-order valence-corrected chi connectivity index (χ1v) is 21.8. The third-order valence-electron chi connectivity index (χ3n) is 15.5. The molecular weight excluding hydrogens is 673 g/mol. The number of hydrogen-bond donors (Lipinski definition) is 0. The molecule has 0 bridgehead atoms. The molecule has 11 aromatic rings. The number of aryl methyl sites for hydroxylation is 2. The number of fused-ring (bicyclic) bond motifs is 2. The molecule has 0 fully saturated rings. The van der Waals surface area contributed by atoms with Crippen LogP contribution >= 0.6 is 0 Å². The third kappa shape index (κ3) is 3.65. The molecular formula is C56H48. The van der Waals surface area contributed by atoms with Gasteiger partial charge in [0.25, 0.3) is 0 Å². The Morgan fingerprint density at radius 1 is 0.321 bits per heavy atom. The maximum absolute atomic E-state index is 2.60. The zero-order valence-electron chi connectivity index (χ0n) is 33.6. The van der Waals surface area contributed by atoms with Crippen molar-refractivity contribution in [1.29, 1.82) is 0 Å². The molecule has 11 aromatic carbocycles. The van der Waals surface area contributed by atoms with Gasteiger partial charge in [0.15, 0.2) is 0 Å². The van der Waals surface area contributed by atoms with Crippen molar-refractivity contribution in [3.63, 3.8) is 0 Å². The summed E-state index contributed by atoms with van der Waals surface area (Å²) in [7, 11) is 0. The Balaban J connectivity index is 0.000000114. The Hall–Kier alpha value is -5.20. The van der Waals surface area contributed by atoms with Crippen LogP contribution in [0.2, 0.25) is 0 Å². The van der Waals surface area contributed by atoms with Crippen molar-refractivity contribution in [1.82, 2.24) is 0 Å². The van der Waals surface area contributed by atoms with Crippen LogP contribution in [0, 0.1) is 0 Å². The molecule has 0 amide bonds. The molecule has 0 saturated carbocycles. The van der Waals surface area contributed by atoms with E-state index < -0.39 is 0 Å². The molecule has 0 heterocycles. The lowest BCUT2D eigenvalue weighted by Gasteiger charge is -2.16. The van der Waals surface area contributed by atoms with Gasteiger partial charge in [0.1, 0.15) is 0 Å². The summed E-state index contributed by atoms with van der Waals surface area (Å²) < 4.78 is 0. The molecule has 5 aliphatic carbocycles. The fourth-order valence-electron chi connectivity index (χ4n) is 13.6. The lowest BCUT2D eigenvalue weighted by Crippen LogP contribution is -2.00. The van der Waals surface area contributed by atoms with Crippen LogP contribution in [-0.4, -0.2) is 0 Å². The molecule has 0 spiro atoms. The molecule has 16 rings (SSSR count). The molecule has 5 aliphatic rings. The Morgan fingerprint density at radius 2 is 0.607 bits per heavy atom. The van der Waals surface area contributed by atoms with Gasteiger partial charge in [-0.25, -0.2) is 0 Å². The molecule has 0 N–H and O–H groups in total. The van der Waals surface area contributed by atoms with Crippen LogP contribution in [0.5, 0.6) is 0 Å². The molecule has 0 aliphatic heterocycles. The maximum Gasteiger partial charge on any atom is -0.0000272 e. The van der Waals surface area contributed by atoms with Crippen molar-refractivity contribution in [2.24, 2.45) is 0 Å². The van der Waals surface area contributed by atoms with Gasteiger partial charge in [-0.1, -0.05) is 126 Å². The van der Waals surface area contributed by atoms with E-state index in [0.29, 0.717) is 0 Å². The van der Waals surface area contributed by atoms with Crippen LogP contribution in [0.4, 0.5) is 0 Å². The second kappa shape index (κ2) is 10.8. The van der Waals surface area contributed by atoms with Gasteiger partial charge in [0, 0.05) is 0 Å². The van der Waals surface area contributed by atoms with Crippen molar-refractivity contribution in [2.45, 2.75) is 104 Å². The number of rotatable bonds is 0. The summed E-state index contributed by atoms with van der Waals surface area (Å²) >= 11 is 0. The molecule has 4 unspecified atom stereocenters. The minimum Gasteiger partial charge on any atom is -0.0683 e. The van der Waals surface area contributed by atoms with E-state index >= 15 is 0 Å². The first-order chi connectivity index (χ1) is 27.4. The van der Waals surface area contributed by atoms with Crippen molar-refractivity contribution >= 4 is 86.2 Å². The summed E-state index contributed by atoms with van der Waals surface area (Å²) in [5.41, 5.74) is 15.8. The van der Waals surface area contributed by atoms with E-state index in [2.05, 4.69) is 113 Å². The van der Waals surface area contributed by atoms with E-state index in [0.717, 1.165) is 36.5 Å². The lowest BCUT2D eigenvalue weighted by molar-refractivity contribution is 0.661. The number of benzene rings is 9. The maximum atomic E-state index is 2.60. The summed E-state index contributed by atoms with van der Waals surface area (Å²) in [6.07, 6.45) is 7.30. The van der Waals surface area contributed by atoms with Crippen molar-refractivity contribution < 1.29 is 0 Å². The van der Waals surface area contributed by atoms with Gasteiger partial charge in [-0.15, -0.1) is 0 Å². The highest BCUT2D eigenvalue weighted by atomic mass is 14.4. The summed E-state index contributed by atoms with van der Waals surface area (Å²) in [6, 6.07) is 32.7. The zero-order chi connectivity index (χ0) is 37.5. The molecule has 272 valence electrons. The summed E-state index contributed by atoms with van der Waals surface area (Å²) in [6.45, 7) is 13.3. The Kier molecular flexibility index (Phi) is 6.16. The molecule has 4 atom stereocenters. The fourth-order valence-corrected chi connectivity index (χ4v) is 13.6. The van der Waals surface area contributed by atoms with Crippen molar-refractivity contribution in [2.75, 3.05) is 0 Å². The van der Waals surface area contributed by atoms with Crippen LogP contribution in [0.1, 0.15) is 134 Å². The Morgan fingerprint density at radius 3 is 0.964 bits per heavy atom. The zero-order valence-corrected chi connectivity index (χ0v) is 33.6. The largest absolute Gasteiger partial charge is 0.0683 e. The van der Waals surface area contributed by atoms with E-state index in [4.69, 9.17) is 0 Å². The summed E-state index contributed by atoms with van der Waals surface area (Å²) in [4.78, 5) is 0. The molecule has 0 nitrogen and oxygen atoms in total. The van der Waals surface area contributed by atoms with Crippen molar-refractivity contribution in [3.8, 4) is 0 Å². The van der Waals surface area contributed by atoms with Crippen LogP contribution in [0.3, 0.4) is 0 Å². The Bertz CT molecular complexity index is 3110. The van der Waals surface area contributed by atoms with E-state index in [1.165, 1.54) is 36.5 Å². The van der Waals surface area contributed by atoms with Gasteiger partial charge in [0.05, 0.1) is 0 Å². The van der Waals surface area contributed by atoms with Gasteiger partial charge < -0.3 is 0 Å². The van der Waals surface area contributed by atoms with Gasteiger partial charge in [-0.05, 0) is 204 Å². The Labute approximate surface area is 329 Å². The average molecular weight is 721 g/mol. The van der Waals surface area contributed by atoms with Gasteiger partial charge in [-0.2, -0.15) is 0 Å². The topological polar surface area (TPSA) is 0 Å². The lowest BCUT2D eigenvalue weighted by atomic mass is 9.87. The normalized spacial score (nSPS) is 21.0. The van der Waals surface area contributed by atoms with Gasteiger partial charge in [-0.3, -0.25) is 0 Å². The third-order valence-corrected chi connectivity index (χ3v) is 15.5. The molecule has 0 heteroatoms. The highest BCUT2D eigenvalue weighted by Crippen LogP contribution is 2.62. The average Bonchev–Trinajstić information content (AvgIpc) is 4.06. The standard InChI is InChI=1S/C32H14.2C11H14.C2H6/c1-2-12-6-16-10-18-8-14-4-3-13-7-17-9-15-5-11(1)19-20(12)28-24(16)26(18)30-22(14)21(13)29-25(17)23(15)27(19)31(28)32(29)30;2*1-8-7-9(2)11-6-4-3-5-10(8)11;1-2/h1-2,5-8H,3-4,9-10H2;2*3-6,8-9H,7H2,1-2H3;1-2H3. The molecule has 0 radical (unpaired) electrons. The van der Waals surface area contributed by atoms with E-state index in [1.54, 1.807) is 131 Å². The van der Waals surface area contributed by atoms with E-state index in [9.17, 15) is 0 Å². The predicted molar refractivity (Wildman–Crippen MR) is 243 cm³/mol. The molecule has 0 saturated heterocycles. The SMILES string of the molecule is CC.CC1CC(C)c2ccccc21.CC1CC(C)c2ccccc21.c1c2c3c4c(cc5c6c7c(cc8ccc9cc%10c%11c(c1C%10)c3c(c46)c1c%11c9c8c71)C5)CC2. The fraction of sp³-hybridized carbons (Fsp3) is 0.286. The highest BCUT2D eigenvalue weighted by Gasteiger charge is 2.37. The van der Waals surface area contributed by atoms with Gasteiger partial charge in [0.2, 0.25) is 0 Å². The summed E-state index contributed by atoms with van der Waals surface area (Å²) in [5.74, 6) is 3.12. The monoisotopic (exact) mass is 720 g/mol. The van der Waals surface area contributed by atoms with Crippen LogP contribution in [0.25, 0.3) is 86.2 Å². The van der Waals surface area contributed by atoms with Crippen LogP contribution < -0.4 is 0 Å². The van der Waals surface area contributed by atoms with Crippen molar-refractivity contribution in [3.05, 3.63) is 141 Å². The number of hydrogen-bond acceptors (Lipinski definition) is 0. The molecule has 56 heavy (non-hydrogen) atoms. The minimum absolute atomic E-state index is 0.779. The molecule has 0 aromatic heterocycles. The van der Waals surface area contributed by atoms with Gasteiger partial charge >= 0.3 is 0 Å². The summed E-state index contributed by atoms with van der Waals surface area (Å²) in [5, 5.41) is 25.4. The van der Waals surface area contributed by atoms with E-state index in [-0.39, 0.29) is 0 Å². The second-order valence-corrected chi connectivity index (χ2v) is 18.4. The first-order valence-electron chi connectivity index (χ1n) is 21.8. The highest BCUT2D eigenvalue weighted by molar-refractivity contribution is 6.58.